The molecule has 0 spiro atoms. The van der Waals surface area contributed by atoms with Gasteiger partial charge in [-0.1, -0.05) is 49.8 Å². The van der Waals surface area contributed by atoms with E-state index in [-0.39, 0.29) is 0 Å². The minimum absolute atomic E-state index is 0.869. The van der Waals surface area contributed by atoms with E-state index in [1.165, 1.54) is 0 Å². The van der Waals surface area contributed by atoms with E-state index >= 15 is 0 Å². The zero-order chi connectivity index (χ0) is 18.1. The van der Waals surface area contributed by atoms with Crippen molar-refractivity contribution in [3.63, 3.8) is 0 Å². The van der Waals surface area contributed by atoms with Gasteiger partial charge in [-0.05, 0) is 48.5 Å². The maximum Gasteiger partial charge on any atom is 0.151 e. The molecular weight excluding hydrogens is 334 g/mol. The molecule has 0 fully saturated rings. The average Bonchev–Trinajstić information content (AvgIpc) is 2.64. The number of benzene rings is 3. The fourth-order valence-corrected chi connectivity index (χ4v) is 3.46. The molecule has 0 aromatic heterocycles. The van der Waals surface area contributed by atoms with Gasteiger partial charge in [0.1, 0.15) is 8.07 Å². The van der Waals surface area contributed by atoms with Crippen LogP contribution < -0.4 is 9.64 Å². The summed E-state index contributed by atoms with van der Waals surface area (Å²) in [5.41, 5.74) is 7.68. The molecule has 3 aromatic carbocycles. The van der Waals surface area contributed by atoms with Crippen LogP contribution in [-0.2, 0) is 0 Å². The minimum Gasteiger partial charge on any atom is -0.453 e. The van der Waals surface area contributed by atoms with E-state index in [0.29, 0.717) is 0 Å². The highest BCUT2D eigenvalue weighted by Crippen LogP contribution is 2.49. The van der Waals surface area contributed by atoms with Crippen molar-refractivity contribution < 1.29 is 4.74 Å². The first-order valence-corrected chi connectivity index (χ1v) is 12.3. The molecule has 1 aliphatic rings. The lowest BCUT2D eigenvalue weighted by atomic mass is 10.1. The molecule has 0 radical (unpaired) electrons. The molecule has 0 saturated heterocycles. The van der Waals surface area contributed by atoms with Gasteiger partial charge in [0.05, 0.1) is 11.4 Å². The van der Waals surface area contributed by atoms with E-state index < -0.39 is 8.07 Å². The first-order chi connectivity index (χ1) is 12.5. The highest BCUT2D eigenvalue weighted by atomic mass is 28.3. The van der Waals surface area contributed by atoms with Crippen LogP contribution in [0.25, 0.3) is 0 Å². The van der Waals surface area contributed by atoms with Gasteiger partial charge in [-0.25, -0.2) is 0 Å². The second-order valence-corrected chi connectivity index (χ2v) is 12.2. The molecule has 128 valence electrons. The Labute approximate surface area is 156 Å². The summed E-state index contributed by atoms with van der Waals surface area (Å²) in [7, 11) is -1.37. The van der Waals surface area contributed by atoms with Crippen LogP contribution in [0, 0.1) is 11.5 Å². The third-order valence-corrected chi connectivity index (χ3v) is 5.01. The number of nitrogens with zero attached hydrogens (tertiary/aromatic N) is 1. The Kier molecular flexibility index (Phi) is 4.06. The molecule has 0 saturated carbocycles. The molecule has 26 heavy (non-hydrogen) atoms. The van der Waals surface area contributed by atoms with Crippen molar-refractivity contribution in [3.05, 3.63) is 78.4 Å². The summed E-state index contributed by atoms with van der Waals surface area (Å²) in [5, 5.41) is 0. The molecule has 0 aliphatic carbocycles. The van der Waals surface area contributed by atoms with Crippen LogP contribution in [0.4, 0.5) is 17.1 Å². The average molecular weight is 356 g/mol. The lowest BCUT2D eigenvalue weighted by Gasteiger charge is -2.32. The summed E-state index contributed by atoms with van der Waals surface area (Å²) in [6, 6.07) is 24.7. The van der Waals surface area contributed by atoms with Gasteiger partial charge in [0.2, 0.25) is 0 Å². The predicted molar refractivity (Wildman–Crippen MR) is 111 cm³/mol. The molecule has 0 amide bonds. The summed E-state index contributed by atoms with van der Waals surface area (Å²) < 4.78 is 6.07. The number of anilines is 3. The molecule has 2 nitrogen and oxygen atoms in total. The quantitative estimate of drug-likeness (QED) is 0.286. The predicted octanol–water partition coefficient (Wildman–Crippen LogP) is 6.49. The van der Waals surface area contributed by atoms with Crippen LogP contribution in [0.15, 0.2) is 72.8 Å². The van der Waals surface area contributed by atoms with E-state index in [2.05, 4.69) is 72.4 Å². The fourth-order valence-electron chi connectivity index (χ4n) is 2.94. The van der Waals surface area contributed by atoms with E-state index in [4.69, 9.17) is 4.74 Å². The van der Waals surface area contributed by atoms with Gasteiger partial charge < -0.3 is 9.64 Å². The van der Waals surface area contributed by atoms with Gasteiger partial charge in [0.25, 0.3) is 0 Å². The largest absolute Gasteiger partial charge is 0.453 e. The van der Waals surface area contributed by atoms with Gasteiger partial charge in [-0.3, -0.25) is 0 Å². The Hall–Kier alpha value is -2.96. The van der Waals surface area contributed by atoms with Crippen LogP contribution in [0.2, 0.25) is 19.6 Å². The number of hydrogen-bond donors (Lipinski definition) is 0. The first kappa shape index (κ1) is 16.5. The molecule has 0 N–H and O–H groups in total. The third-order valence-electron chi connectivity index (χ3n) is 4.14. The molecule has 3 aromatic rings. The summed E-state index contributed by atoms with van der Waals surface area (Å²) >= 11 is 0. The lowest BCUT2D eigenvalue weighted by molar-refractivity contribution is 0.477. The summed E-state index contributed by atoms with van der Waals surface area (Å²) in [6.07, 6.45) is 0. The Bertz CT molecular complexity index is 961. The van der Waals surface area contributed by atoms with Crippen LogP contribution in [-0.4, -0.2) is 8.07 Å². The molecule has 4 rings (SSSR count). The zero-order valence-corrected chi connectivity index (χ0v) is 16.3. The summed E-state index contributed by atoms with van der Waals surface area (Å²) in [6.45, 7) is 6.78. The van der Waals surface area contributed by atoms with Gasteiger partial charge in [0, 0.05) is 11.3 Å². The second-order valence-electron chi connectivity index (χ2n) is 7.42. The lowest BCUT2D eigenvalue weighted by Crippen LogP contribution is -2.16. The normalized spacial score (nSPS) is 12.3. The fraction of sp³-hybridized carbons (Fsp3) is 0.130. The SMILES string of the molecule is C[Si](C)(C)C#Cc1ccc(N2c3ccccc3Oc3ccccc32)cc1. The topological polar surface area (TPSA) is 12.5 Å². The van der Waals surface area contributed by atoms with Crippen LogP contribution in [0.3, 0.4) is 0 Å². The number of fused-ring (bicyclic) bond motifs is 2. The molecule has 1 aliphatic heterocycles. The molecule has 0 atom stereocenters. The maximum atomic E-state index is 6.07. The highest BCUT2D eigenvalue weighted by molar-refractivity contribution is 6.83. The van der Waals surface area contributed by atoms with Gasteiger partial charge >= 0.3 is 0 Å². The van der Waals surface area contributed by atoms with Crippen molar-refractivity contribution in [1.29, 1.82) is 0 Å². The molecule has 0 unspecified atom stereocenters. The summed E-state index contributed by atoms with van der Waals surface area (Å²) in [5.74, 6) is 5.06. The van der Waals surface area contributed by atoms with Crippen LogP contribution in [0.1, 0.15) is 5.56 Å². The van der Waals surface area contributed by atoms with Gasteiger partial charge in [0.15, 0.2) is 11.5 Å². The van der Waals surface area contributed by atoms with Crippen molar-refractivity contribution >= 4 is 25.1 Å². The first-order valence-electron chi connectivity index (χ1n) is 8.81. The van der Waals surface area contributed by atoms with Crippen molar-refractivity contribution in [3.8, 4) is 23.0 Å². The van der Waals surface area contributed by atoms with Crippen molar-refractivity contribution in [1.82, 2.24) is 0 Å². The number of rotatable bonds is 1. The van der Waals surface area contributed by atoms with E-state index in [1.807, 2.05) is 36.4 Å². The Morgan fingerprint density at radius 3 is 1.81 bits per heavy atom. The molecule has 0 bridgehead atoms. The summed E-state index contributed by atoms with van der Waals surface area (Å²) in [4.78, 5) is 2.24. The molecule has 1 heterocycles. The Morgan fingerprint density at radius 2 is 1.27 bits per heavy atom. The molecule has 3 heteroatoms. The highest BCUT2D eigenvalue weighted by Gasteiger charge is 2.24. The second kappa shape index (κ2) is 6.40. The van der Waals surface area contributed by atoms with Crippen LogP contribution >= 0.6 is 0 Å². The van der Waals surface area contributed by atoms with E-state index in [9.17, 15) is 0 Å². The molecular formula is C23H21NOSi. The maximum absolute atomic E-state index is 6.07. The van der Waals surface area contributed by atoms with Crippen molar-refractivity contribution in [2.45, 2.75) is 19.6 Å². The van der Waals surface area contributed by atoms with Crippen LogP contribution in [0.5, 0.6) is 11.5 Å². The van der Waals surface area contributed by atoms with E-state index in [0.717, 1.165) is 34.1 Å². The van der Waals surface area contributed by atoms with Gasteiger partial charge in [-0.2, -0.15) is 0 Å². The zero-order valence-electron chi connectivity index (χ0n) is 15.3. The third kappa shape index (κ3) is 3.24. The monoisotopic (exact) mass is 355 g/mol. The number of para-hydroxylation sites is 4. The Balaban J connectivity index is 1.77. The van der Waals surface area contributed by atoms with E-state index in [1.54, 1.807) is 0 Å². The van der Waals surface area contributed by atoms with Crippen molar-refractivity contribution in [2.75, 3.05) is 4.90 Å². The standard InChI is InChI=1S/C23H21NOSi/c1-26(2,3)17-16-18-12-14-19(15-13-18)24-20-8-4-6-10-22(20)25-23-11-7-5-9-21(23)24/h4-15H,1-3H3. The minimum atomic E-state index is -1.37. The Morgan fingerprint density at radius 1 is 0.731 bits per heavy atom. The smallest absolute Gasteiger partial charge is 0.151 e. The number of ether oxygens (including phenoxy) is 1. The number of hydrogen-bond acceptors (Lipinski definition) is 2. The van der Waals surface area contributed by atoms with Gasteiger partial charge in [-0.15, -0.1) is 5.54 Å². The van der Waals surface area contributed by atoms with Crippen molar-refractivity contribution in [2.24, 2.45) is 0 Å².